The van der Waals surface area contributed by atoms with Crippen LogP contribution in [-0.4, -0.2) is 40.5 Å². The molecule has 0 radical (unpaired) electrons. The molecule has 2 rings (SSSR count). The van der Waals surface area contributed by atoms with Gasteiger partial charge in [0.1, 0.15) is 5.75 Å². The lowest BCUT2D eigenvalue weighted by atomic mass is 10.1. The smallest absolute Gasteiger partial charge is 0.285 e. The number of methoxy groups -OCH3 is 1. The summed E-state index contributed by atoms with van der Waals surface area (Å²) >= 11 is 0. The number of amides is 1. The number of hydrogen-bond acceptors (Lipinski definition) is 6. The zero-order valence-electron chi connectivity index (χ0n) is 20.0. The SMILES string of the molecule is C/C=C/[C@H](COCc1ccc(OC)cc1)C/C(=N/S(=O)(=O)c1ccc(NC(C)=O)cc1)OCC. The van der Waals surface area contributed by atoms with Crippen molar-refractivity contribution in [3.05, 3.63) is 66.2 Å². The molecule has 0 aliphatic heterocycles. The quantitative estimate of drug-likeness (QED) is 0.267. The van der Waals surface area contributed by atoms with Crippen molar-refractivity contribution >= 4 is 27.5 Å². The Balaban J connectivity index is 2.09. The van der Waals surface area contributed by atoms with Gasteiger partial charge in [-0.05, 0) is 55.8 Å². The number of hydrogen-bond donors (Lipinski definition) is 1. The van der Waals surface area contributed by atoms with Crippen LogP contribution < -0.4 is 10.1 Å². The summed E-state index contributed by atoms with van der Waals surface area (Å²) in [7, 11) is -2.37. The summed E-state index contributed by atoms with van der Waals surface area (Å²) in [5.41, 5.74) is 1.51. The minimum atomic E-state index is -3.98. The molecule has 9 heteroatoms. The highest BCUT2D eigenvalue weighted by atomic mass is 32.2. The van der Waals surface area contributed by atoms with E-state index in [9.17, 15) is 13.2 Å². The van der Waals surface area contributed by atoms with Crippen molar-refractivity contribution in [1.29, 1.82) is 0 Å². The van der Waals surface area contributed by atoms with E-state index in [4.69, 9.17) is 14.2 Å². The molecule has 1 amide bonds. The zero-order chi connectivity index (χ0) is 25.0. The summed E-state index contributed by atoms with van der Waals surface area (Å²) in [6.07, 6.45) is 4.10. The fourth-order valence-corrected chi connectivity index (χ4v) is 4.10. The second-order valence-corrected chi connectivity index (χ2v) is 9.06. The first-order chi connectivity index (χ1) is 16.3. The first kappa shape index (κ1) is 27.1. The number of allylic oxidation sites excluding steroid dienone is 1. The van der Waals surface area contributed by atoms with Crippen LogP contribution in [-0.2, 0) is 30.9 Å². The number of anilines is 1. The fourth-order valence-electron chi connectivity index (χ4n) is 3.12. The molecule has 0 heterocycles. The molecule has 1 atom stereocenters. The van der Waals surface area contributed by atoms with Gasteiger partial charge in [0.2, 0.25) is 11.8 Å². The molecule has 0 aromatic heterocycles. The van der Waals surface area contributed by atoms with Gasteiger partial charge in [-0.2, -0.15) is 8.42 Å². The minimum absolute atomic E-state index is 0.0112. The first-order valence-corrected chi connectivity index (χ1v) is 12.4. The van der Waals surface area contributed by atoms with Crippen molar-refractivity contribution < 1.29 is 27.4 Å². The maximum absolute atomic E-state index is 12.8. The maximum Gasteiger partial charge on any atom is 0.285 e. The molecule has 8 nitrogen and oxygen atoms in total. The van der Waals surface area contributed by atoms with Crippen molar-refractivity contribution in [1.82, 2.24) is 0 Å². The number of sulfonamides is 1. The van der Waals surface area contributed by atoms with Gasteiger partial charge in [0.05, 0.1) is 31.8 Å². The van der Waals surface area contributed by atoms with Crippen LogP contribution in [0.2, 0.25) is 0 Å². The van der Waals surface area contributed by atoms with Crippen molar-refractivity contribution in [3.8, 4) is 5.75 Å². The summed E-state index contributed by atoms with van der Waals surface area (Å²) in [6.45, 7) is 6.11. The van der Waals surface area contributed by atoms with E-state index < -0.39 is 10.0 Å². The maximum atomic E-state index is 12.8. The summed E-state index contributed by atoms with van der Waals surface area (Å²) in [5, 5.41) is 2.60. The number of rotatable bonds is 12. The molecule has 0 aliphatic carbocycles. The van der Waals surface area contributed by atoms with E-state index in [0.29, 0.717) is 18.9 Å². The second-order valence-electron chi connectivity index (χ2n) is 7.45. The normalized spacial score (nSPS) is 13.0. The molecule has 34 heavy (non-hydrogen) atoms. The van der Waals surface area contributed by atoms with Crippen molar-refractivity contribution in [2.24, 2.45) is 10.3 Å². The monoisotopic (exact) mass is 488 g/mol. The number of carbonyl (C=O) groups excluding carboxylic acids is 1. The highest BCUT2D eigenvalue weighted by Crippen LogP contribution is 2.19. The summed E-state index contributed by atoms with van der Waals surface area (Å²) in [5.74, 6) is 0.533. The Labute approximate surface area is 201 Å². The lowest BCUT2D eigenvalue weighted by Crippen LogP contribution is -2.17. The van der Waals surface area contributed by atoms with E-state index in [1.807, 2.05) is 43.3 Å². The van der Waals surface area contributed by atoms with E-state index in [1.165, 1.54) is 31.2 Å². The Morgan fingerprint density at radius 3 is 2.35 bits per heavy atom. The molecule has 1 N–H and O–H groups in total. The van der Waals surface area contributed by atoms with Crippen LogP contribution in [0.1, 0.15) is 32.8 Å². The molecule has 0 bridgehead atoms. The van der Waals surface area contributed by atoms with E-state index >= 15 is 0 Å². The number of nitrogens with zero attached hydrogens (tertiary/aromatic N) is 1. The zero-order valence-corrected chi connectivity index (χ0v) is 20.8. The van der Waals surface area contributed by atoms with Crippen LogP contribution in [0.4, 0.5) is 5.69 Å². The molecule has 2 aromatic rings. The van der Waals surface area contributed by atoms with Gasteiger partial charge in [0, 0.05) is 24.9 Å². The predicted octanol–water partition coefficient (Wildman–Crippen LogP) is 4.58. The first-order valence-electron chi connectivity index (χ1n) is 10.9. The molecule has 0 spiro atoms. The largest absolute Gasteiger partial charge is 0.497 e. The van der Waals surface area contributed by atoms with E-state index in [2.05, 4.69) is 9.71 Å². The van der Waals surface area contributed by atoms with Crippen molar-refractivity contribution in [2.75, 3.05) is 25.6 Å². The third-order valence-corrected chi connectivity index (χ3v) is 5.98. The summed E-state index contributed by atoms with van der Waals surface area (Å²) in [6, 6.07) is 13.4. The second kappa shape index (κ2) is 13.5. The molecule has 0 saturated heterocycles. The molecule has 184 valence electrons. The third-order valence-electron chi connectivity index (χ3n) is 4.67. The summed E-state index contributed by atoms with van der Waals surface area (Å²) in [4.78, 5) is 11.2. The van der Waals surface area contributed by atoms with E-state index in [-0.39, 0.29) is 35.6 Å². The van der Waals surface area contributed by atoms with Gasteiger partial charge < -0.3 is 19.5 Å². The minimum Gasteiger partial charge on any atom is -0.497 e. The van der Waals surface area contributed by atoms with Crippen LogP contribution >= 0.6 is 0 Å². The molecular formula is C25H32N2O6S. The Kier molecular flexibility index (Phi) is 10.8. The van der Waals surface area contributed by atoms with E-state index in [1.54, 1.807) is 14.0 Å². The van der Waals surface area contributed by atoms with Gasteiger partial charge in [-0.15, -0.1) is 4.40 Å². The summed E-state index contributed by atoms with van der Waals surface area (Å²) < 4.78 is 46.2. The Morgan fingerprint density at radius 1 is 1.12 bits per heavy atom. The number of carbonyl (C=O) groups is 1. The Hall–Kier alpha value is -3.17. The lowest BCUT2D eigenvalue weighted by Gasteiger charge is -2.15. The van der Waals surface area contributed by atoms with Gasteiger partial charge >= 0.3 is 0 Å². The molecule has 2 aromatic carbocycles. The van der Waals surface area contributed by atoms with Crippen LogP contribution in [0.25, 0.3) is 0 Å². The standard InChI is InChI=1S/C25H32N2O6S/c1-5-7-21(18-32-17-20-8-12-23(31-4)13-9-20)16-25(33-6-2)27-34(29,30)24-14-10-22(11-15-24)26-19(3)28/h5,7-15,21H,6,16-18H2,1-4H3,(H,26,28)/b7-5+,27-25-/t21-/m0/s1. The Morgan fingerprint density at radius 2 is 1.79 bits per heavy atom. The lowest BCUT2D eigenvalue weighted by molar-refractivity contribution is -0.114. The molecular weight excluding hydrogens is 456 g/mol. The fraction of sp³-hybridized carbons (Fsp3) is 0.360. The average Bonchev–Trinajstić information content (AvgIpc) is 2.79. The topological polar surface area (TPSA) is 103 Å². The van der Waals surface area contributed by atoms with Crippen molar-refractivity contribution in [2.45, 2.75) is 38.7 Å². The molecule has 0 unspecified atom stereocenters. The molecule has 0 aliphatic rings. The van der Waals surface area contributed by atoms with Gasteiger partial charge in [0.25, 0.3) is 10.0 Å². The van der Waals surface area contributed by atoms with Crippen LogP contribution in [0.3, 0.4) is 0 Å². The predicted molar refractivity (Wildman–Crippen MR) is 133 cm³/mol. The number of benzene rings is 2. The number of nitrogens with one attached hydrogen (secondary N) is 1. The molecule has 0 fully saturated rings. The number of ether oxygens (including phenoxy) is 3. The van der Waals surface area contributed by atoms with Gasteiger partial charge in [0.15, 0.2) is 0 Å². The van der Waals surface area contributed by atoms with E-state index in [0.717, 1.165) is 11.3 Å². The van der Waals surface area contributed by atoms with Crippen molar-refractivity contribution in [3.63, 3.8) is 0 Å². The molecule has 0 saturated carbocycles. The average molecular weight is 489 g/mol. The van der Waals surface area contributed by atoms with Gasteiger partial charge in [-0.1, -0.05) is 24.3 Å². The Bertz CT molecular complexity index is 1080. The van der Waals surface area contributed by atoms with Crippen LogP contribution in [0.15, 0.2) is 70.0 Å². The van der Waals surface area contributed by atoms with Gasteiger partial charge in [-0.3, -0.25) is 4.79 Å². The highest BCUT2D eigenvalue weighted by molar-refractivity contribution is 7.90. The van der Waals surface area contributed by atoms with Gasteiger partial charge in [-0.25, -0.2) is 0 Å². The third kappa shape index (κ3) is 8.99. The van der Waals surface area contributed by atoms with Crippen LogP contribution in [0, 0.1) is 5.92 Å². The highest BCUT2D eigenvalue weighted by Gasteiger charge is 2.18. The van der Waals surface area contributed by atoms with Crippen LogP contribution in [0.5, 0.6) is 5.75 Å².